The largest absolute Gasteiger partial charge is 0.495 e. The molecule has 0 atom stereocenters. The first-order chi connectivity index (χ1) is 11.7. The maximum absolute atomic E-state index is 5.25. The minimum absolute atomic E-state index is 0.358. The van der Waals surface area contributed by atoms with Gasteiger partial charge in [-0.3, -0.25) is 5.43 Å². The Morgan fingerprint density at radius 3 is 2.38 bits per heavy atom. The predicted octanol–water partition coefficient (Wildman–Crippen LogP) is 3.03. The molecule has 0 amide bonds. The van der Waals surface area contributed by atoms with Gasteiger partial charge in [0.15, 0.2) is 16.6 Å². The maximum Gasteiger partial charge on any atom is 0.191 e. The van der Waals surface area contributed by atoms with Crippen LogP contribution in [0.5, 0.6) is 17.2 Å². The summed E-state index contributed by atoms with van der Waals surface area (Å²) in [5.41, 5.74) is 4.37. The lowest BCUT2D eigenvalue weighted by molar-refractivity contribution is 0.355. The molecule has 0 radical (unpaired) electrons. The van der Waals surface area contributed by atoms with E-state index in [1.54, 1.807) is 27.5 Å². The SMILES string of the molecule is COc1ccccc1NC(=S)N/N=C\c1ccc(OC)c(OC)c1. The summed E-state index contributed by atoms with van der Waals surface area (Å²) < 4.78 is 15.7. The summed E-state index contributed by atoms with van der Waals surface area (Å²) in [6.07, 6.45) is 1.64. The fraction of sp³-hybridized carbons (Fsp3) is 0.176. The topological polar surface area (TPSA) is 64.1 Å². The van der Waals surface area contributed by atoms with E-state index < -0.39 is 0 Å². The van der Waals surface area contributed by atoms with Gasteiger partial charge in [-0.1, -0.05) is 12.1 Å². The highest BCUT2D eigenvalue weighted by atomic mass is 32.1. The third-order valence-corrected chi connectivity index (χ3v) is 3.34. The molecule has 0 saturated heterocycles. The van der Waals surface area contributed by atoms with Gasteiger partial charge in [0.25, 0.3) is 0 Å². The molecular formula is C17H19N3O3S. The number of hydrogen-bond acceptors (Lipinski definition) is 5. The molecular weight excluding hydrogens is 326 g/mol. The minimum atomic E-state index is 0.358. The van der Waals surface area contributed by atoms with Crippen LogP contribution in [0.15, 0.2) is 47.6 Å². The normalized spacial score (nSPS) is 10.3. The number of anilines is 1. The van der Waals surface area contributed by atoms with E-state index in [2.05, 4.69) is 15.8 Å². The van der Waals surface area contributed by atoms with Crippen molar-refractivity contribution in [1.29, 1.82) is 0 Å². The van der Waals surface area contributed by atoms with Gasteiger partial charge in [-0.15, -0.1) is 0 Å². The quantitative estimate of drug-likeness (QED) is 0.477. The van der Waals surface area contributed by atoms with E-state index in [9.17, 15) is 0 Å². The van der Waals surface area contributed by atoms with E-state index in [0.29, 0.717) is 22.4 Å². The predicted molar refractivity (Wildman–Crippen MR) is 99.5 cm³/mol. The summed E-state index contributed by atoms with van der Waals surface area (Å²) >= 11 is 5.21. The zero-order valence-electron chi connectivity index (χ0n) is 13.7. The Kier molecular flexibility index (Phi) is 6.39. The van der Waals surface area contributed by atoms with Gasteiger partial charge in [0.1, 0.15) is 5.75 Å². The second kappa shape index (κ2) is 8.73. The fourth-order valence-electron chi connectivity index (χ4n) is 2.00. The van der Waals surface area contributed by atoms with Crippen LogP contribution < -0.4 is 25.0 Å². The van der Waals surface area contributed by atoms with E-state index in [0.717, 1.165) is 11.3 Å². The Labute approximate surface area is 146 Å². The summed E-state index contributed by atoms with van der Waals surface area (Å²) in [5, 5.41) is 7.49. The first-order valence-corrected chi connectivity index (χ1v) is 7.54. The zero-order chi connectivity index (χ0) is 17.4. The number of nitrogens with zero attached hydrogens (tertiary/aromatic N) is 1. The van der Waals surface area contributed by atoms with Crippen molar-refractivity contribution in [2.75, 3.05) is 26.6 Å². The van der Waals surface area contributed by atoms with Crippen LogP contribution in [-0.2, 0) is 0 Å². The lowest BCUT2D eigenvalue weighted by Gasteiger charge is -2.11. The molecule has 0 bridgehead atoms. The Hall–Kier alpha value is -2.80. The molecule has 24 heavy (non-hydrogen) atoms. The zero-order valence-corrected chi connectivity index (χ0v) is 14.5. The Bertz CT molecular complexity index is 735. The number of para-hydroxylation sites is 2. The highest BCUT2D eigenvalue weighted by Crippen LogP contribution is 2.26. The van der Waals surface area contributed by atoms with E-state index in [1.165, 1.54) is 0 Å². The van der Waals surface area contributed by atoms with Crippen molar-refractivity contribution < 1.29 is 14.2 Å². The molecule has 0 heterocycles. The average molecular weight is 345 g/mol. The first-order valence-electron chi connectivity index (χ1n) is 7.13. The minimum Gasteiger partial charge on any atom is -0.495 e. The van der Waals surface area contributed by atoms with Gasteiger partial charge in [0, 0.05) is 0 Å². The van der Waals surface area contributed by atoms with Crippen molar-refractivity contribution in [1.82, 2.24) is 5.43 Å². The first kappa shape index (κ1) is 17.6. The number of nitrogens with one attached hydrogen (secondary N) is 2. The van der Waals surface area contributed by atoms with Gasteiger partial charge in [0.2, 0.25) is 0 Å². The fourth-order valence-corrected chi connectivity index (χ4v) is 2.16. The summed E-state index contributed by atoms with van der Waals surface area (Å²) in [7, 11) is 4.78. The monoisotopic (exact) mass is 345 g/mol. The molecule has 0 unspecified atom stereocenters. The summed E-state index contributed by atoms with van der Waals surface area (Å²) in [6, 6.07) is 13.0. The van der Waals surface area contributed by atoms with Crippen LogP contribution in [0.25, 0.3) is 0 Å². The highest BCUT2D eigenvalue weighted by Gasteiger charge is 2.04. The number of hydrazone groups is 1. The average Bonchev–Trinajstić information content (AvgIpc) is 2.62. The summed E-state index contributed by atoms with van der Waals surface area (Å²) in [6.45, 7) is 0. The smallest absolute Gasteiger partial charge is 0.191 e. The van der Waals surface area contributed by atoms with Crippen LogP contribution in [0, 0.1) is 0 Å². The van der Waals surface area contributed by atoms with Crippen molar-refractivity contribution in [3.63, 3.8) is 0 Å². The van der Waals surface area contributed by atoms with E-state index in [-0.39, 0.29) is 0 Å². The Morgan fingerprint density at radius 2 is 1.67 bits per heavy atom. The van der Waals surface area contributed by atoms with E-state index >= 15 is 0 Å². The van der Waals surface area contributed by atoms with Gasteiger partial charge in [0.05, 0.1) is 33.2 Å². The molecule has 0 fully saturated rings. The van der Waals surface area contributed by atoms with Crippen LogP contribution >= 0.6 is 12.2 Å². The second-order valence-corrected chi connectivity index (χ2v) is 5.05. The number of thiocarbonyl (C=S) groups is 1. The molecule has 0 aliphatic rings. The third kappa shape index (κ3) is 4.60. The Balaban J connectivity index is 1.97. The number of methoxy groups -OCH3 is 3. The molecule has 6 nitrogen and oxygen atoms in total. The van der Waals surface area contributed by atoms with Crippen LogP contribution in [0.1, 0.15) is 5.56 Å². The lowest BCUT2D eigenvalue weighted by atomic mass is 10.2. The van der Waals surface area contributed by atoms with Gasteiger partial charge >= 0.3 is 0 Å². The lowest BCUT2D eigenvalue weighted by Crippen LogP contribution is -2.24. The number of rotatable bonds is 6. The molecule has 2 N–H and O–H groups in total. The van der Waals surface area contributed by atoms with Crippen LogP contribution in [0.3, 0.4) is 0 Å². The molecule has 0 aliphatic heterocycles. The molecule has 0 aromatic heterocycles. The standard InChI is InChI=1S/C17H19N3O3S/c1-21-14-7-5-4-6-13(14)19-17(24)20-18-11-12-8-9-15(22-2)16(10-12)23-3/h4-11H,1-3H3,(H2,19,20,24)/b18-11-. The molecule has 2 aromatic carbocycles. The molecule has 0 saturated carbocycles. The van der Waals surface area contributed by atoms with E-state index in [1.807, 2.05) is 42.5 Å². The van der Waals surface area contributed by atoms with Crippen molar-refractivity contribution in [2.24, 2.45) is 5.10 Å². The molecule has 7 heteroatoms. The number of hydrogen-bond donors (Lipinski definition) is 2. The van der Waals surface area contributed by atoms with Crippen LogP contribution in [0.2, 0.25) is 0 Å². The Morgan fingerprint density at radius 1 is 0.958 bits per heavy atom. The van der Waals surface area contributed by atoms with Gasteiger partial charge in [-0.25, -0.2) is 0 Å². The molecule has 0 spiro atoms. The highest BCUT2D eigenvalue weighted by molar-refractivity contribution is 7.80. The van der Waals surface area contributed by atoms with Gasteiger partial charge in [-0.2, -0.15) is 5.10 Å². The van der Waals surface area contributed by atoms with Crippen LogP contribution in [-0.4, -0.2) is 32.7 Å². The van der Waals surface area contributed by atoms with Crippen molar-refractivity contribution in [3.05, 3.63) is 48.0 Å². The van der Waals surface area contributed by atoms with Crippen molar-refractivity contribution in [2.45, 2.75) is 0 Å². The molecule has 2 rings (SSSR count). The van der Waals surface area contributed by atoms with Gasteiger partial charge in [-0.05, 0) is 48.1 Å². The number of ether oxygens (including phenoxy) is 3. The summed E-state index contributed by atoms with van der Waals surface area (Å²) in [4.78, 5) is 0. The second-order valence-electron chi connectivity index (χ2n) is 4.64. The third-order valence-electron chi connectivity index (χ3n) is 3.14. The molecule has 126 valence electrons. The van der Waals surface area contributed by atoms with Gasteiger partial charge < -0.3 is 19.5 Å². The summed E-state index contributed by atoms with van der Waals surface area (Å²) in [5.74, 6) is 2.00. The van der Waals surface area contributed by atoms with Crippen LogP contribution in [0.4, 0.5) is 5.69 Å². The molecule has 2 aromatic rings. The van der Waals surface area contributed by atoms with E-state index in [4.69, 9.17) is 26.4 Å². The molecule has 0 aliphatic carbocycles. The van der Waals surface area contributed by atoms with Crippen molar-refractivity contribution >= 4 is 29.2 Å². The van der Waals surface area contributed by atoms with Crippen molar-refractivity contribution in [3.8, 4) is 17.2 Å². The maximum atomic E-state index is 5.25. The number of benzene rings is 2.